The van der Waals surface area contributed by atoms with E-state index >= 15 is 0 Å². The molecule has 0 aromatic heterocycles. The lowest BCUT2D eigenvalue weighted by Gasteiger charge is -2.64. The van der Waals surface area contributed by atoms with Crippen LogP contribution in [0.5, 0.6) is 0 Å². The summed E-state index contributed by atoms with van der Waals surface area (Å²) in [4.78, 5) is 48.5. The standard InChI is InChI=1S/C31H48O8/c1-17(8-11-28(35)36-7)23-9-10-24-29-25(16-27(31(23,24)6)39-20(4)34)30(5)13-12-22(37-18(2)32)14-21(30)15-26(29)38-19(3)33/h17,21-27,29H,8-16H2,1-7H3/t17-,21-,22+,23-,24+,25+,26-,27+,29+,30+,31-/m1/s1. The van der Waals surface area contributed by atoms with Crippen molar-refractivity contribution in [3.8, 4) is 0 Å². The van der Waals surface area contributed by atoms with Crippen LogP contribution in [0.3, 0.4) is 0 Å². The van der Waals surface area contributed by atoms with Gasteiger partial charge in [-0.15, -0.1) is 0 Å². The summed E-state index contributed by atoms with van der Waals surface area (Å²) in [6, 6.07) is 0. The van der Waals surface area contributed by atoms with Crippen LogP contribution < -0.4 is 0 Å². The van der Waals surface area contributed by atoms with Gasteiger partial charge in [0, 0.05) is 38.5 Å². The minimum absolute atomic E-state index is 0.0215. The highest BCUT2D eigenvalue weighted by molar-refractivity contribution is 5.69. The second-order valence-corrected chi connectivity index (χ2v) is 13.4. The minimum atomic E-state index is -0.279. The van der Waals surface area contributed by atoms with Gasteiger partial charge in [-0.2, -0.15) is 0 Å². The van der Waals surface area contributed by atoms with Crippen molar-refractivity contribution in [2.24, 2.45) is 46.3 Å². The first-order valence-electron chi connectivity index (χ1n) is 14.9. The molecule has 4 fully saturated rings. The maximum atomic E-state index is 12.5. The van der Waals surface area contributed by atoms with Crippen molar-refractivity contribution in [1.82, 2.24) is 0 Å². The van der Waals surface area contributed by atoms with Crippen LogP contribution in [0.15, 0.2) is 0 Å². The van der Waals surface area contributed by atoms with E-state index in [1.165, 1.54) is 27.9 Å². The lowest BCUT2D eigenvalue weighted by Crippen LogP contribution is -2.63. The van der Waals surface area contributed by atoms with Crippen LogP contribution in [0.25, 0.3) is 0 Å². The fourth-order valence-electron chi connectivity index (χ4n) is 9.77. The van der Waals surface area contributed by atoms with Crippen LogP contribution in [0, 0.1) is 46.3 Å². The molecule has 0 aliphatic heterocycles. The summed E-state index contributed by atoms with van der Waals surface area (Å²) in [6.45, 7) is 11.3. The van der Waals surface area contributed by atoms with Crippen molar-refractivity contribution in [2.75, 3.05) is 7.11 Å². The summed E-state index contributed by atoms with van der Waals surface area (Å²) in [5.41, 5.74) is -0.300. The molecule has 0 saturated heterocycles. The molecule has 4 saturated carbocycles. The van der Waals surface area contributed by atoms with Crippen LogP contribution in [-0.2, 0) is 38.1 Å². The van der Waals surface area contributed by atoms with Crippen molar-refractivity contribution in [3.05, 3.63) is 0 Å². The number of hydrogen-bond acceptors (Lipinski definition) is 8. The zero-order valence-corrected chi connectivity index (χ0v) is 24.8. The Morgan fingerprint density at radius 2 is 1.51 bits per heavy atom. The van der Waals surface area contributed by atoms with Gasteiger partial charge in [-0.05, 0) is 86.4 Å². The van der Waals surface area contributed by atoms with E-state index in [0.717, 1.165) is 51.4 Å². The molecule has 8 nitrogen and oxygen atoms in total. The summed E-state index contributed by atoms with van der Waals surface area (Å²) in [5, 5.41) is 0. The van der Waals surface area contributed by atoms with Gasteiger partial charge in [0.05, 0.1) is 7.11 Å². The number of rotatable bonds is 7. The van der Waals surface area contributed by atoms with Crippen molar-refractivity contribution in [2.45, 2.75) is 118 Å². The third-order valence-electron chi connectivity index (χ3n) is 11.4. The number of hydrogen-bond donors (Lipinski definition) is 0. The molecule has 0 aromatic rings. The first-order valence-corrected chi connectivity index (χ1v) is 14.9. The molecule has 0 bridgehead atoms. The molecule has 0 amide bonds. The summed E-state index contributed by atoms with van der Waals surface area (Å²) < 4.78 is 22.8. The molecule has 0 heterocycles. The maximum absolute atomic E-state index is 12.5. The van der Waals surface area contributed by atoms with Crippen molar-refractivity contribution < 1.29 is 38.1 Å². The molecule has 0 N–H and O–H groups in total. The molecule has 4 aliphatic carbocycles. The second-order valence-electron chi connectivity index (χ2n) is 13.4. The third-order valence-corrected chi connectivity index (χ3v) is 11.4. The Morgan fingerprint density at radius 1 is 0.846 bits per heavy atom. The molecule has 4 rings (SSSR count). The molecule has 0 unspecified atom stereocenters. The molecule has 220 valence electrons. The second kappa shape index (κ2) is 11.4. The summed E-state index contributed by atoms with van der Waals surface area (Å²) >= 11 is 0. The molecule has 0 aromatic carbocycles. The fraction of sp³-hybridized carbons (Fsp3) is 0.871. The number of methoxy groups -OCH3 is 1. The average molecular weight is 549 g/mol. The molecule has 8 heteroatoms. The molecule has 39 heavy (non-hydrogen) atoms. The van der Waals surface area contributed by atoms with Crippen molar-refractivity contribution in [1.29, 1.82) is 0 Å². The Labute approximate surface area is 233 Å². The molecule has 11 atom stereocenters. The van der Waals surface area contributed by atoms with E-state index in [1.54, 1.807) is 0 Å². The number of carbonyl (C=O) groups excluding carboxylic acids is 4. The van der Waals surface area contributed by atoms with E-state index in [9.17, 15) is 19.2 Å². The topological polar surface area (TPSA) is 105 Å². The van der Waals surface area contributed by atoms with E-state index < -0.39 is 0 Å². The first kappa shape index (κ1) is 29.9. The van der Waals surface area contributed by atoms with E-state index in [1.807, 2.05) is 0 Å². The van der Waals surface area contributed by atoms with E-state index in [2.05, 4.69) is 20.8 Å². The van der Waals surface area contributed by atoms with E-state index in [-0.39, 0.29) is 88.5 Å². The lowest BCUT2D eigenvalue weighted by atomic mass is 9.43. The van der Waals surface area contributed by atoms with Crippen LogP contribution in [0.1, 0.15) is 99.3 Å². The number of ether oxygens (including phenoxy) is 4. The van der Waals surface area contributed by atoms with E-state index in [0.29, 0.717) is 6.42 Å². The Hall–Kier alpha value is -2.12. The van der Waals surface area contributed by atoms with Crippen molar-refractivity contribution >= 4 is 23.9 Å². The Kier molecular flexibility index (Phi) is 8.73. The van der Waals surface area contributed by atoms with Gasteiger partial charge in [-0.1, -0.05) is 20.8 Å². The van der Waals surface area contributed by atoms with Gasteiger partial charge in [-0.3, -0.25) is 19.2 Å². The van der Waals surface area contributed by atoms with Crippen LogP contribution in [-0.4, -0.2) is 49.3 Å². The lowest BCUT2D eigenvalue weighted by molar-refractivity contribution is -0.224. The summed E-state index contributed by atoms with van der Waals surface area (Å²) in [5.74, 6) is 0.438. The fourth-order valence-corrected chi connectivity index (χ4v) is 9.77. The predicted octanol–water partition coefficient (Wildman–Crippen LogP) is 5.25. The largest absolute Gasteiger partial charge is 0.469 e. The van der Waals surface area contributed by atoms with E-state index in [4.69, 9.17) is 18.9 Å². The van der Waals surface area contributed by atoms with Crippen molar-refractivity contribution in [3.63, 3.8) is 0 Å². The highest BCUT2D eigenvalue weighted by atomic mass is 16.6. The number of esters is 4. The van der Waals surface area contributed by atoms with Crippen LogP contribution >= 0.6 is 0 Å². The van der Waals surface area contributed by atoms with Gasteiger partial charge in [-0.25, -0.2) is 0 Å². The van der Waals surface area contributed by atoms with Gasteiger partial charge in [0.25, 0.3) is 0 Å². The van der Waals surface area contributed by atoms with Gasteiger partial charge >= 0.3 is 23.9 Å². The Bertz CT molecular complexity index is 962. The highest BCUT2D eigenvalue weighted by Crippen LogP contribution is 2.69. The molecular weight excluding hydrogens is 500 g/mol. The number of carbonyl (C=O) groups is 4. The van der Waals surface area contributed by atoms with Gasteiger partial charge in [0.1, 0.15) is 18.3 Å². The highest BCUT2D eigenvalue weighted by Gasteiger charge is 2.67. The molecule has 0 radical (unpaired) electrons. The summed E-state index contributed by atoms with van der Waals surface area (Å²) in [7, 11) is 1.42. The number of fused-ring (bicyclic) bond motifs is 5. The van der Waals surface area contributed by atoms with Crippen LogP contribution in [0.2, 0.25) is 0 Å². The van der Waals surface area contributed by atoms with Gasteiger partial charge in [0.2, 0.25) is 0 Å². The molecule has 0 spiro atoms. The minimum Gasteiger partial charge on any atom is -0.469 e. The quantitative estimate of drug-likeness (QED) is 0.314. The zero-order chi connectivity index (χ0) is 28.7. The summed E-state index contributed by atoms with van der Waals surface area (Å²) in [6.07, 6.45) is 6.53. The SMILES string of the molecule is COC(=O)CC[C@@H](C)[C@H]1CC[C@H]2[C@@H]3[C@H](OC(C)=O)C[C@H]4C[C@@H](OC(C)=O)CC[C@]4(C)[C@H]3C[C@H](OC(C)=O)[C@]12C. The monoisotopic (exact) mass is 548 g/mol. The zero-order valence-electron chi connectivity index (χ0n) is 24.8. The normalized spacial score (nSPS) is 41.7. The van der Waals surface area contributed by atoms with Gasteiger partial charge in [0.15, 0.2) is 0 Å². The predicted molar refractivity (Wildman–Crippen MR) is 143 cm³/mol. The average Bonchev–Trinajstić information content (AvgIpc) is 3.20. The molecular formula is C31H48O8. The maximum Gasteiger partial charge on any atom is 0.305 e. The molecule has 4 aliphatic rings. The van der Waals surface area contributed by atoms with Gasteiger partial charge < -0.3 is 18.9 Å². The third kappa shape index (κ3) is 5.58. The Morgan fingerprint density at radius 3 is 2.13 bits per heavy atom. The Balaban J connectivity index is 1.70. The first-order chi connectivity index (χ1) is 18.3. The smallest absolute Gasteiger partial charge is 0.305 e. The van der Waals surface area contributed by atoms with Crippen LogP contribution in [0.4, 0.5) is 0 Å².